The number of pyridine rings is 1. The molecule has 7 N–H and O–H groups in total. The van der Waals surface area contributed by atoms with Gasteiger partial charge in [-0.1, -0.05) is 31.2 Å². The van der Waals surface area contributed by atoms with Crippen molar-refractivity contribution in [2.45, 2.75) is 70.1 Å². The van der Waals surface area contributed by atoms with Crippen LogP contribution in [-0.2, 0) is 16.1 Å². The number of nitrogens with two attached hydrogens (primary N) is 2. The van der Waals surface area contributed by atoms with Gasteiger partial charge in [0.2, 0.25) is 5.91 Å². The number of hydrogen-bond donors (Lipinski definition) is 5. The summed E-state index contributed by atoms with van der Waals surface area (Å²) in [5.41, 5.74) is 19.4. The number of carbonyl (C=O) groups is 3. The molecule has 288 valence electrons. The Morgan fingerprint density at radius 2 is 1.78 bits per heavy atom. The molecule has 55 heavy (non-hydrogen) atoms. The standard InChI is InChI=1S/C41H51N11O3/c1-4-24-16-17-51(20-24)41(55)32-11-6-8-27(45-32)21-50-22-28(23-50)52-38-30(19-44-52)29-9-7-10-31(37(29)49(3)34(38)5-2)47-33(36(43)40(54)46-26-14-15-26)18-35(42)48-39(53)25-12-13-25/h4,6-11,18-19,24-26,28,34,47H,1,5,12-17,20-23,42-43H2,2-3H3,(H,46,54)(H,48,53)/b35-18+,36-33+/t24-,34?/m0/s1. The monoisotopic (exact) mass is 745 g/mol. The molecule has 14 nitrogen and oxygen atoms in total. The summed E-state index contributed by atoms with van der Waals surface area (Å²) in [4.78, 5) is 50.0. The number of likely N-dealkylation sites (tertiary alicyclic amines) is 2. The van der Waals surface area contributed by atoms with E-state index in [4.69, 9.17) is 21.5 Å². The first-order chi connectivity index (χ1) is 26.6. The number of nitrogens with one attached hydrogen (secondary N) is 3. The molecule has 3 aromatic rings. The summed E-state index contributed by atoms with van der Waals surface area (Å²) in [6, 6.07) is 12.1. The third kappa shape index (κ3) is 7.42. The summed E-state index contributed by atoms with van der Waals surface area (Å²) in [6.07, 6.45) is 10.7. The van der Waals surface area contributed by atoms with Gasteiger partial charge in [0, 0.05) is 68.9 Å². The van der Waals surface area contributed by atoms with Crippen LogP contribution in [0, 0.1) is 11.8 Å². The van der Waals surface area contributed by atoms with Gasteiger partial charge in [-0.05, 0) is 62.6 Å². The van der Waals surface area contributed by atoms with E-state index in [1.807, 2.05) is 47.5 Å². The molecular weight excluding hydrogens is 695 g/mol. The van der Waals surface area contributed by atoms with Crippen LogP contribution in [-0.4, -0.2) is 81.6 Å². The Kier molecular flexibility index (Phi) is 9.84. The Morgan fingerprint density at radius 3 is 2.49 bits per heavy atom. The first-order valence-corrected chi connectivity index (χ1v) is 19.5. The average Bonchev–Trinajstić information content (AvgIpc) is 4.10. The van der Waals surface area contributed by atoms with Gasteiger partial charge in [0.15, 0.2) is 0 Å². The average molecular weight is 746 g/mol. The number of amides is 3. The molecule has 5 aliphatic rings. The number of benzene rings is 1. The van der Waals surface area contributed by atoms with Gasteiger partial charge in [0.05, 0.1) is 46.7 Å². The maximum absolute atomic E-state index is 13.2. The van der Waals surface area contributed by atoms with Crippen LogP contribution in [0.2, 0.25) is 0 Å². The summed E-state index contributed by atoms with van der Waals surface area (Å²) in [7, 11) is 2.08. The normalized spacial score (nSPS) is 21.6. The summed E-state index contributed by atoms with van der Waals surface area (Å²) >= 11 is 0. The van der Waals surface area contributed by atoms with E-state index in [0.29, 0.717) is 30.4 Å². The zero-order valence-corrected chi connectivity index (χ0v) is 31.6. The molecule has 3 amide bonds. The minimum absolute atomic E-state index is 0.0107. The molecule has 2 aromatic heterocycles. The molecular formula is C41H51N11O3. The van der Waals surface area contributed by atoms with Crippen LogP contribution in [0.4, 0.5) is 11.4 Å². The fourth-order valence-electron chi connectivity index (χ4n) is 8.04. The van der Waals surface area contributed by atoms with E-state index in [9.17, 15) is 14.4 Å². The zero-order chi connectivity index (χ0) is 38.4. The number of allylic oxidation sites excluding steroid dienone is 1. The van der Waals surface area contributed by atoms with Gasteiger partial charge in [-0.25, -0.2) is 4.98 Å². The number of hydrogen-bond acceptors (Lipinski definition) is 10. The third-order valence-electron chi connectivity index (χ3n) is 11.5. The van der Waals surface area contributed by atoms with Crippen molar-refractivity contribution in [1.82, 2.24) is 35.2 Å². The Labute approximate surface area is 321 Å². The highest BCUT2D eigenvalue weighted by Crippen LogP contribution is 2.49. The highest BCUT2D eigenvalue weighted by atomic mass is 16.2. The summed E-state index contributed by atoms with van der Waals surface area (Å²) in [6.45, 7) is 9.79. The first-order valence-electron chi connectivity index (χ1n) is 19.5. The Morgan fingerprint density at radius 1 is 1.00 bits per heavy atom. The maximum atomic E-state index is 13.2. The van der Waals surface area contributed by atoms with Crippen LogP contribution in [0.15, 0.2) is 78.5 Å². The van der Waals surface area contributed by atoms with Crippen molar-refractivity contribution < 1.29 is 14.4 Å². The highest BCUT2D eigenvalue weighted by Gasteiger charge is 2.38. The van der Waals surface area contributed by atoms with Crippen molar-refractivity contribution in [3.63, 3.8) is 0 Å². The minimum Gasteiger partial charge on any atom is -0.393 e. The predicted molar refractivity (Wildman–Crippen MR) is 211 cm³/mol. The number of aromatic nitrogens is 3. The topological polar surface area (TPSA) is 180 Å². The molecule has 2 saturated carbocycles. The molecule has 8 rings (SSSR count). The van der Waals surface area contributed by atoms with Crippen molar-refractivity contribution >= 4 is 29.1 Å². The van der Waals surface area contributed by atoms with Crippen LogP contribution in [0.25, 0.3) is 11.1 Å². The van der Waals surface area contributed by atoms with Gasteiger partial charge in [-0.2, -0.15) is 5.10 Å². The van der Waals surface area contributed by atoms with Crippen LogP contribution < -0.4 is 32.3 Å². The van der Waals surface area contributed by atoms with E-state index in [-0.39, 0.29) is 53.3 Å². The van der Waals surface area contributed by atoms with Crippen molar-refractivity contribution in [2.75, 3.05) is 43.4 Å². The van der Waals surface area contributed by atoms with E-state index < -0.39 is 0 Å². The fraction of sp³-hybridized carbons (Fsp3) is 0.439. The Bertz CT molecular complexity index is 2070. The predicted octanol–water partition coefficient (Wildman–Crippen LogP) is 3.74. The van der Waals surface area contributed by atoms with E-state index in [1.54, 1.807) is 0 Å². The molecule has 0 radical (unpaired) electrons. The van der Waals surface area contributed by atoms with E-state index in [0.717, 1.165) is 86.4 Å². The molecule has 0 spiro atoms. The number of carbonyl (C=O) groups excluding carboxylic acids is 3. The fourth-order valence-corrected chi connectivity index (χ4v) is 8.04. The third-order valence-corrected chi connectivity index (χ3v) is 11.5. The Hall–Kier alpha value is -5.63. The molecule has 5 heterocycles. The lowest BCUT2D eigenvalue weighted by molar-refractivity contribution is -0.121. The molecule has 2 saturated heterocycles. The summed E-state index contributed by atoms with van der Waals surface area (Å²) < 4.78 is 2.19. The number of anilines is 2. The van der Waals surface area contributed by atoms with Crippen molar-refractivity contribution in [3.05, 3.63) is 95.6 Å². The second-order valence-electron chi connectivity index (χ2n) is 15.6. The smallest absolute Gasteiger partial charge is 0.272 e. The molecule has 1 unspecified atom stereocenters. The van der Waals surface area contributed by atoms with Gasteiger partial charge in [-0.3, -0.25) is 24.0 Å². The van der Waals surface area contributed by atoms with Crippen LogP contribution in [0.1, 0.15) is 79.4 Å². The van der Waals surface area contributed by atoms with Gasteiger partial charge >= 0.3 is 0 Å². The first kappa shape index (κ1) is 36.4. The number of para-hydroxylation sites is 1. The van der Waals surface area contributed by atoms with Gasteiger partial charge < -0.3 is 37.2 Å². The largest absolute Gasteiger partial charge is 0.393 e. The second-order valence-corrected chi connectivity index (χ2v) is 15.6. The molecule has 0 bridgehead atoms. The van der Waals surface area contributed by atoms with E-state index in [2.05, 4.69) is 57.0 Å². The molecule has 14 heteroatoms. The van der Waals surface area contributed by atoms with Crippen molar-refractivity contribution in [1.29, 1.82) is 0 Å². The Balaban J connectivity index is 1.01. The van der Waals surface area contributed by atoms with E-state index >= 15 is 0 Å². The molecule has 2 atom stereocenters. The zero-order valence-electron chi connectivity index (χ0n) is 31.6. The van der Waals surface area contributed by atoms with Gasteiger partial charge in [0.1, 0.15) is 17.2 Å². The summed E-state index contributed by atoms with van der Waals surface area (Å²) in [5, 5.41) is 14.1. The maximum Gasteiger partial charge on any atom is 0.272 e. The van der Waals surface area contributed by atoms with Crippen LogP contribution >= 0.6 is 0 Å². The number of nitrogens with zero attached hydrogens (tertiary/aromatic N) is 6. The molecule has 3 aliphatic heterocycles. The molecule has 1 aromatic carbocycles. The summed E-state index contributed by atoms with van der Waals surface area (Å²) in [5.74, 6) is -0.0984. The van der Waals surface area contributed by atoms with Crippen molar-refractivity contribution in [3.8, 4) is 11.1 Å². The van der Waals surface area contributed by atoms with E-state index in [1.165, 1.54) is 11.8 Å². The number of fused-ring (bicyclic) bond motifs is 3. The SMILES string of the molecule is C=C[C@H]1CCN(C(=O)c2cccc(CN3CC(n4ncc5c4C(CC)N(C)c4c(NC(/C=C(\N)NC(=O)C6CC6)=C(/N)C(=O)NC6CC6)cccc4-5)C3)n2)C1. The molecule has 2 aliphatic carbocycles. The van der Waals surface area contributed by atoms with Crippen LogP contribution in [0.5, 0.6) is 0 Å². The highest BCUT2D eigenvalue weighted by molar-refractivity contribution is 5.97. The van der Waals surface area contributed by atoms with Gasteiger partial charge in [-0.15, -0.1) is 6.58 Å². The van der Waals surface area contributed by atoms with Crippen LogP contribution in [0.3, 0.4) is 0 Å². The molecule has 4 fully saturated rings. The minimum atomic E-state index is -0.383. The lowest BCUT2D eigenvalue weighted by Crippen LogP contribution is -2.48. The van der Waals surface area contributed by atoms with Crippen molar-refractivity contribution in [2.24, 2.45) is 23.3 Å². The lowest BCUT2D eigenvalue weighted by Gasteiger charge is -2.43. The van der Waals surface area contributed by atoms with Gasteiger partial charge in [0.25, 0.3) is 11.8 Å². The quantitative estimate of drug-likeness (QED) is 0.0984. The number of rotatable bonds is 13. The second kappa shape index (κ2) is 14.9. The lowest BCUT2D eigenvalue weighted by atomic mass is 9.91.